The van der Waals surface area contributed by atoms with E-state index in [1.807, 2.05) is 0 Å². The summed E-state index contributed by atoms with van der Waals surface area (Å²) in [5.41, 5.74) is 1.49. The Morgan fingerprint density at radius 3 is 2.46 bits per heavy atom. The minimum absolute atomic E-state index is 0.0660. The Balaban J connectivity index is 1.58. The summed E-state index contributed by atoms with van der Waals surface area (Å²) in [6, 6.07) is 8.09. The lowest BCUT2D eigenvalue weighted by atomic mass is 10.1. The Labute approximate surface area is 157 Å². The fourth-order valence-corrected chi connectivity index (χ4v) is 2.51. The maximum absolute atomic E-state index is 13.1. The van der Waals surface area contributed by atoms with E-state index in [0.717, 1.165) is 6.20 Å². The van der Waals surface area contributed by atoms with Gasteiger partial charge in [-0.15, -0.1) is 0 Å². The second-order valence-corrected chi connectivity index (χ2v) is 5.77. The van der Waals surface area contributed by atoms with Gasteiger partial charge in [0.2, 0.25) is 5.76 Å². The molecule has 1 aromatic carbocycles. The molecule has 0 saturated carbocycles. The maximum atomic E-state index is 13.1. The van der Waals surface area contributed by atoms with Gasteiger partial charge >= 0.3 is 6.01 Å². The van der Waals surface area contributed by atoms with Gasteiger partial charge in [-0.05, 0) is 36.4 Å². The number of aryl methyl sites for hydroxylation is 1. The SMILES string of the molecule is Cc1nc(-c2ccc(F)cc2)c(C(=O)Nc2nc(-c3ccc(F)cn3)co2)o1. The molecule has 9 heteroatoms. The van der Waals surface area contributed by atoms with Crippen LogP contribution in [0.4, 0.5) is 14.8 Å². The van der Waals surface area contributed by atoms with Gasteiger partial charge in [0.15, 0.2) is 5.89 Å². The summed E-state index contributed by atoms with van der Waals surface area (Å²) in [4.78, 5) is 24.8. The summed E-state index contributed by atoms with van der Waals surface area (Å²) in [6.45, 7) is 1.59. The van der Waals surface area contributed by atoms with Crippen molar-refractivity contribution >= 4 is 11.9 Å². The van der Waals surface area contributed by atoms with Crippen LogP contribution in [0.2, 0.25) is 0 Å². The van der Waals surface area contributed by atoms with Crippen molar-refractivity contribution < 1.29 is 22.4 Å². The molecule has 0 fully saturated rings. The van der Waals surface area contributed by atoms with E-state index in [2.05, 4.69) is 20.3 Å². The molecule has 3 aromatic heterocycles. The number of anilines is 1. The number of amides is 1. The number of hydrogen-bond acceptors (Lipinski definition) is 6. The van der Waals surface area contributed by atoms with Gasteiger partial charge in [0.05, 0.1) is 11.9 Å². The highest BCUT2D eigenvalue weighted by Crippen LogP contribution is 2.26. The van der Waals surface area contributed by atoms with E-state index in [4.69, 9.17) is 8.83 Å². The van der Waals surface area contributed by atoms with Crippen molar-refractivity contribution in [1.82, 2.24) is 15.0 Å². The Hall–Kier alpha value is -3.88. The van der Waals surface area contributed by atoms with E-state index >= 15 is 0 Å². The summed E-state index contributed by atoms with van der Waals surface area (Å²) in [6.07, 6.45) is 2.33. The molecule has 3 heterocycles. The molecule has 0 aliphatic rings. The Bertz CT molecular complexity index is 1130. The van der Waals surface area contributed by atoms with Gasteiger partial charge in [0.1, 0.15) is 29.3 Å². The molecular formula is C19H12F2N4O3. The Morgan fingerprint density at radius 2 is 1.75 bits per heavy atom. The number of nitrogens with zero attached hydrogens (tertiary/aromatic N) is 3. The second-order valence-electron chi connectivity index (χ2n) is 5.77. The van der Waals surface area contributed by atoms with Crippen LogP contribution in [0.15, 0.2) is 57.7 Å². The molecule has 0 radical (unpaired) electrons. The molecule has 0 saturated heterocycles. The van der Waals surface area contributed by atoms with E-state index in [0.29, 0.717) is 17.0 Å². The highest BCUT2D eigenvalue weighted by Gasteiger charge is 2.22. The molecule has 1 amide bonds. The number of rotatable bonds is 4. The lowest BCUT2D eigenvalue weighted by molar-refractivity contribution is 0.0993. The molecule has 0 spiro atoms. The van der Waals surface area contributed by atoms with E-state index < -0.39 is 17.5 Å². The predicted molar refractivity (Wildman–Crippen MR) is 94.3 cm³/mol. The summed E-state index contributed by atoms with van der Waals surface area (Å²) in [7, 11) is 0. The van der Waals surface area contributed by atoms with E-state index in [1.165, 1.54) is 42.7 Å². The highest BCUT2D eigenvalue weighted by atomic mass is 19.1. The highest BCUT2D eigenvalue weighted by molar-refractivity contribution is 6.05. The lowest BCUT2D eigenvalue weighted by Gasteiger charge is -2.01. The number of aromatic nitrogens is 3. The zero-order valence-electron chi connectivity index (χ0n) is 14.4. The topological polar surface area (TPSA) is 94.1 Å². The van der Waals surface area contributed by atoms with Crippen molar-refractivity contribution in [2.45, 2.75) is 6.92 Å². The molecule has 0 unspecified atom stereocenters. The third kappa shape index (κ3) is 3.50. The van der Waals surface area contributed by atoms with Gasteiger partial charge in [-0.25, -0.2) is 13.8 Å². The van der Waals surface area contributed by atoms with E-state index in [-0.39, 0.29) is 23.4 Å². The number of oxazole rings is 2. The van der Waals surface area contributed by atoms with Crippen LogP contribution in [-0.4, -0.2) is 20.9 Å². The van der Waals surface area contributed by atoms with Crippen molar-refractivity contribution in [3.63, 3.8) is 0 Å². The quantitative estimate of drug-likeness (QED) is 0.568. The van der Waals surface area contributed by atoms with Crippen molar-refractivity contribution in [3.05, 3.63) is 72.1 Å². The van der Waals surface area contributed by atoms with E-state index in [1.54, 1.807) is 6.92 Å². The third-order valence-corrected chi connectivity index (χ3v) is 3.77. The van der Waals surface area contributed by atoms with E-state index in [9.17, 15) is 13.6 Å². The zero-order valence-corrected chi connectivity index (χ0v) is 14.4. The summed E-state index contributed by atoms with van der Waals surface area (Å²) in [5, 5.41) is 2.47. The molecule has 0 aliphatic heterocycles. The van der Waals surface area contributed by atoms with Crippen molar-refractivity contribution in [1.29, 1.82) is 0 Å². The first-order valence-electron chi connectivity index (χ1n) is 8.12. The first-order valence-corrected chi connectivity index (χ1v) is 8.12. The molecule has 0 aliphatic carbocycles. The zero-order chi connectivity index (χ0) is 19.7. The van der Waals surface area contributed by atoms with Crippen molar-refractivity contribution in [2.75, 3.05) is 5.32 Å². The van der Waals surface area contributed by atoms with Gasteiger partial charge in [0, 0.05) is 12.5 Å². The number of nitrogens with one attached hydrogen (secondary N) is 1. The second kappa shape index (κ2) is 7.03. The largest absolute Gasteiger partial charge is 0.435 e. The fraction of sp³-hybridized carbons (Fsp3) is 0.0526. The molecule has 140 valence electrons. The number of hydrogen-bond donors (Lipinski definition) is 1. The minimum atomic E-state index is -0.639. The summed E-state index contributed by atoms with van der Waals surface area (Å²) in [5.74, 6) is -1.32. The third-order valence-electron chi connectivity index (χ3n) is 3.77. The van der Waals surface area contributed by atoms with Gasteiger partial charge in [-0.1, -0.05) is 0 Å². The standard InChI is InChI=1S/C19H12F2N4O3/c1-10-23-16(11-2-4-12(20)5-3-11)17(28-10)18(26)25-19-24-15(9-27-19)14-7-6-13(21)8-22-14/h2-9H,1H3,(H,24,25,26). The first kappa shape index (κ1) is 17.5. The average Bonchev–Trinajstić information content (AvgIpc) is 3.30. The molecular weight excluding hydrogens is 370 g/mol. The van der Waals surface area contributed by atoms with Gasteiger partial charge in [-0.3, -0.25) is 15.1 Å². The summed E-state index contributed by atoms with van der Waals surface area (Å²) < 4.78 is 36.7. The van der Waals surface area contributed by atoms with Crippen LogP contribution >= 0.6 is 0 Å². The predicted octanol–water partition coefficient (Wildman–Crippen LogP) is 4.23. The average molecular weight is 382 g/mol. The number of benzene rings is 1. The molecule has 7 nitrogen and oxygen atoms in total. The Morgan fingerprint density at radius 1 is 1.00 bits per heavy atom. The smallest absolute Gasteiger partial charge is 0.302 e. The molecule has 0 atom stereocenters. The van der Waals surface area contributed by atoms with Crippen molar-refractivity contribution in [2.24, 2.45) is 0 Å². The van der Waals surface area contributed by atoms with Gasteiger partial charge < -0.3 is 8.83 Å². The number of carbonyl (C=O) groups is 1. The molecule has 28 heavy (non-hydrogen) atoms. The number of halogens is 2. The molecule has 1 N–H and O–H groups in total. The molecule has 4 aromatic rings. The maximum Gasteiger partial charge on any atom is 0.302 e. The van der Waals surface area contributed by atoms with Crippen LogP contribution in [0.3, 0.4) is 0 Å². The lowest BCUT2D eigenvalue weighted by Crippen LogP contribution is -2.12. The van der Waals surface area contributed by atoms with Crippen LogP contribution in [0, 0.1) is 18.6 Å². The van der Waals surface area contributed by atoms with Gasteiger partial charge in [0.25, 0.3) is 5.91 Å². The number of pyridine rings is 1. The van der Waals surface area contributed by atoms with Crippen LogP contribution in [0.5, 0.6) is 0 Å². The minimum Gasteiger partial charge on any atom is -0.435 e. The number of carbonyl (C=O) groups excluding carboxylic acids is 1. The normalized spacial score (nSPS) is 10.8. The summed E-state index contributed by atoms with van der Waals surface area (Å²) >= 11 is 0. The van der Waals surface area contributed by atoms with Crippen LogP contribution in [0.1, 0.15) is 16.4 Å². The molecule has 0 bridgehead atoms. The van der Waals surface area contributed by atoms with Crippen LogP contribution in [-0.2, 0) is 0 Å². The first-order chi connectivity index (χ1) is 13.5. The monoisotopic (exact) mass is 382 g/mol. The van der Waals surface area contributed by atoms with Gasteiger partial charge in [-0.2, -0.15) is 4.98 Å². The van der Waals surface area contributed by atoms with Crippen molar-refractivity contribution in [3.8, 4) is 22.6 Å². The van der Waals surface area contributed by atoms with Crippen LogP contribution < -0.4 is 5.32 Å². The Kier molecular flexibility index (Phi) is 4.40. The van der Waals surface area contributed by atoms with Crippen LogP contribution in [0.25, 0.3) is 22.6 Å². The molecule has 4 rings (SSSR count). The fourth-order valence-electron chi connectivity index (χ4n) is 2.51.